The summed E-state index contributed by atoms with van der Waals surface area (Å²) in [7, 11) is 0. The number of aromatic nitrogens is 2. The van der Waals surface area contributed by atoms with Crippen LogP contribution in [0.3, 0.4) is 0 Å². The highest BCUT2D eigenvalue weighted by Gasteiger charge is 2.22. The van der Waals surface area contributed by atoms with Crippen LogP contribution in [-0.4, -0.2) is 22.7 Å². The highest BCUT2D eigenvalue weighted by Crippen LogP contribution is 2.33. The molecule has 6 nitrogen and oxygen atoms in total. The molecule has 1 N–H and O–H groups in total. The van der Waals surface area contributed by atoms with Crippen molar-refractivity contribution in [3.63, 3.8) is 0 Å². The van der Waals surface area contributed by atoms with Gasteiger partial charge >= 0.3 is 0 Å². The Morgan fingerprint density at radius 2 is 2.35 bits per heavy atom. The zero-order chi connectivity index (χ0) is 16.2. The number of nitrogens with zero attached hydrogens (tertiary/aromatic N) is 2. The fourth-order valence-corrected chi connectivity index (χ4v) is 2.79. The number of benzene rings is 1. The van der Waals surface area contributed by atoms with Crippen molar-refractivity contribution in [2.45, 2.75) is 38.6 Å². The van der Waals surface area contributed by atoms with E-state index in [2.05, 4.69) is 15.5 Å². The number of hydrogen-bond acceptors (Lipinski definition) is 5. The first-order valence-electron chi connectivity index (χ1n) is 7.62. The molecule has 0 bridgehead atoms. The standard InChI is InChI=1S/C16H18ClN3O3/c1-10-18-16(23-20-10)7-6-15(21)19-13-3-2-8-22-14-9-11(17)4-5-12(13)14/h4-5,9,13H,2-3,6-8H2,1H3,(H,19,21). The van der Waals surface area contributed by atoms with Crippen LogP contribution in [0, 0.1) is 6.92 Å². The molecule has 2 heterocycles. The first-order chi connectivity index (χ1) is 11.1. The molecule has 0 fully saturated rings. The van der Waals surface area contributed by atoms with Gasteiger partial charge in [-0.05, 0) is 31.9 Å². The number of carbonyl (C=O) groups is 1. The van der Waals surface area contributed by atoms with Gasteiger partial charge in [-0.25, -0.2) is 0 Å². The van der Waals surface area contributed by atoms with Crippen LogP contribution in [0.25, 0.3) is 0 Å². The molecule has 1 aliphatic heterocycles. The molecule has 0 saturated heterocycles. The highest BCUT2D eigenvalue weighted by molar-refractivity contribution is 6.30. The van der Waals surface area contributed by atoms with Gasteiger partial charge in [-0.2, -0.15) is 4.98 Å². The molecular weight excluding hydrogens is 318 g/mol. The molecule has 1 aromatic heterocycles. The van der Waals surface area contributed by atoms with Crippen molar-refractivity contribution in [2.75, 3.05) is 6.61 Å². The predicted octanol–water partition coefficient (Wildman–Crippen LogP) is 2.99. The zero-order valence-corrected chi connectivity index (χ0v) is 13.6. The van der Waals surface area contributed by atoms with Crippen molar-refractivity contribution in [2.24, 2.45) is 0 Å². The summed E-state index contributed by atoms with van der Waals surface area (Å²) < 4.78 is 10.7. The van der Waals surface area contributed by atoms with Gasteiger partial charge in [-0.3, -0.25) is 4.79 Å². The third kappa shape index (κ3) is 4.01. The van der Waals surface area contributed by atoms with E-state index in [4.69, 9.17) is 20.9 Å². The van der Waals surface area contributed by atoms with Gasteiger partial charge in [0.05, 0.1) is 12.6 Å². The van der Waals surface area contributed by atoms with Crippen LogP contribution in [0.15, 0.2) is 22.7 Å². The molecule has 23 heavy (non-hydrogen) atoms. The third-order valence-electron chi connectivity index (χ3n) is 3.72. The van der Waals surface area contributed by atoms with Gasteiger partial charge in [0.1, 0.15) is 5.75 Å². The van der Waals surface area contributed by atoms with Crippen molar-refractivity contribution in [1.82, 2.24) is 15.5 Å². The van der Waals surface area contributed by atoms with Crippen molar-refractivity contribution < 1.29 is 14.1 Å². The van der Waals surface area contributed by atoms with Gasteiger partial charge in [-0.1, -0.05) is 22.8 Å². The topological polar surface area (TPSA) is 77.2 Å². The molecule has 1 aliphatic rings. The summed E-state index contributed by atoms with van der Waals surface area (Å²) in [5.74, 6) is 1.75. The summed E-state index contributed by atoms with van der Waals surface area (Å²) in [5.41, 5.74) is 0.967. The third-order valence-corrected chi connectivity index (χ3v) is 3.95. The number of amides is 1. The van der Waals surface area contributed by atoms with E-state index in [-0.39, 0.29) is 11.9 Å². The number of fused-ring (bicyclic) bond motifs is 1. The summed E-state index contributed by atoms with van der Waals surface area (Å²) in [6, 6.07) is 5.45. The number of nitrogens with one attached hydrogen (secondary N) is 1. The quantitative estimate of drug-likeness (QED) is 0.929. The molecule has 3 rings (SSSR count). The van der Waals surface area contributed by atoms with E-state index in [0.29, 0.717) is 36.2 Å². The summed E-state index contributed by atoms with van der Waals surface area (Å²) in [6.45, 7) is 2.38. The number of rotatable bonds is 4. The molecule has 1 amide bonds. The number of aryl methyl sites for hydroxylation is 2. The Morgan fingerprint density at radius 3 is 3.13 bits per heavy atom. The highest BCUT2D eigenvalue weighted by atomic mass is 35.5. The van der Waals surface area contributed by atoms with Crippen LogP contribution in [0.4, 0.5) is 0 Å². The fraction of sp³-hybridized carbons (Fsp3) is 0.438. The molecule has 1 atom stereocenters. The second-order valence-corrected chi connectivity index (χ2v) is 5.96. The van der Waals surface area contributed by atoms with E-state index in [1.54, 1.807) is 13.0 Å². The summed E-state index contributed by atoms with van der Waals surface area (Å²) in [5, 5.41) is 7.40. The van der Waals surface area contributed by atoms with Gasteiger partial charge in [0.15, 0.2) is 5.82 Å². The Morgan fingerprint density at radius 1 is 1.48 bits per heavy atom. The maximum absolute atomic E-state index is 12.2. The van der Waals surface area contributed by atoms with Gasteiger partial charge in [0.25, 0.3) is 0 Å². The molecule has 1 unspecified atom stereocenters. The molecular formula is C16H18ClN3O3. The smallest absolute Gasteiger partial charge is 0.227 e. The average Bonchev–Trinajstić information content (AvgIpc) is 2.84. The first kappa shape index (κ1) is 15.8. The molecule has 7 heteroatoms. The molecule has 0 radical (unpaired) electrons. The Labute approximate surface area is 139 Å². The number of halogens is 1. The van der Waals surface area contributed by atoms with Crippen molar-refractivity contribution in [1.29, 1.82) is 0 Å². The van der Waals surface area contributed by atoms with Gasteiger partial charge in [0, 0.05) is 23.4 Å². The molecule has 2 aromatic rings. The van der Waals surface area contributed by atoms with Crippen LogP contribution in [0.2, 0.25) is 5.02 Å². The van der Waals surface area contributed by atoms with E-state index in [1.165, 1.54) is 0 Å². The average molecular weight is 336 g/mol. The lowest BCUT2D eigenvalue weighted by molar-refractivity contribution is -0.121. The molecule has 0 saturated carbocycles. The van der Waals surface area contributed by atoms with Crippen LogP contribution in [-0.2, 0) is 11.2 Å². The normalized spacial score (nSPS) is 17.0. The van der Waals surface area contributed by atoms with Gasteiger partial charge in [-0.15, -0.1) is 0 Å². The minimum absolute atomic E-state index is 0.0475. The minimum atomic E-state index is -0.0679. The lowest BCUT2D eigenvalue weighted by Gasteiger charge is -2.18. The maximum atomic E-state index is 12.2. The van der Waals surface area contributed by atoms with E-state index < -0.39 is 0 Å². The Hall–Kier alpha value is -2.08. The Kier molecular flexibility index (Phi) is 4.81. The lowest BCUT2D eigenvalue weighted by Crippen LogP contribution is -2.28. The Balaban J connectivity index is 1.64. The van der Waals surface area contributed by atoms with E-state index in [1.807, 2.05) is 12.1 Å². The van der Waals surface area contributed by atoms with Gasteiger partial charge in [0.2, 0.25) is 11.8 Å². The first-order valence-corrected chi connectivity index (χ1v) is 8.00. The van der Waals surface area contributed by atoms with Crippen LogP contribution >= 0.6 is 11.6 Å². The fourth-order valence-electron chi connectivity index (χ4n) is 2.62. The monoisotopic (exact) mass is 335 g/mol. The van der Waals surface area contributed by atoms with Crippen LogP contribution in [0.5, 0.6) is 5.75 Å². The van der Waals surface area contributed by atoms with Crippen molar-refractivity contribution in [3.8, 4) is 5.75 Å². The van der Waals surface area contributed by atoms with Crippen molar-refractivity contribution in [3.05, 3.63) is 40.5 Å². The van der Waals surface area contributed by atoms with E-state index in [0.717, 1.165) is 24.2 Å². The van der Waals surface area contributed by atoms with Crippen molar-refractivity contribution >= 4 is 17.5 Å². The second kappa shape index (κ2) is 7.00. The van der Waals surface area contributed by atoms with Gasteiger partial charge < -0.3 is 14.6 Å². The number of hydrogen-bond donors (Lipinski definition) is 1. The zero-order valence-electron chi connectivity index (χ0n) is 12.8. The summed E-state index contributed by atoms with van der Waals surface area (Å²) >= 11 is 6.01. The second-order valence-electron chi connectivity index (χ2n) is 5.53. The SMILES string of the molecule is Cc1noc(CCC(=O)NC2CCCOc3cc(Cl)ccc32)n1. The summed E-state index contributed by atoms with van der Waals surface area (Å²) in [4.78, 5) is 16.3. The maximum Gasteiger partial charge on any atom is 0.227 e. The van der Waals surface area contributed by atoms with Crippen LogP contribution in [0.1, 0.15) is 42.6 Å². The Bertz CT molecular complexity index is 702. The summed E-state index contributed by atoms with van der Waals surface area (Å²) in [6.07, 6.45) is 2.45. The predicted molar refractivity (Wildman–Crippen MR) is 84.4 cm³/mol. The van der Waals surface area contributed by atoms with E-state index >= 15 is 0 Å². The molecule has 0 aliphatic carbocycles. The molecule has 1 aromatic carbocycles. The number of ether oxygens (including phenoxy) is 1. The van der Waals surface area contributed by atoms with E-state index in [9.17, 15) is 4.79 Å². The largest absolute Gasteiger partial charge is 0.493 e. The minimum Gasteiger partial charge on any atom is -0.493 e. The molecule has 122 valence electrons. The van der Waals surface area contributed by atoms with Crippen LogP contribution < -0.4 is 10.1 Å². The number of carbonyl (C=O) groups excluding carboxylic acids is 1. The lowest BCUT2D eigenvalue weighted by atomic mass is 10.0. The molecule has 0 spiro atoms.